The van der Waals surface area contributed by atoms with Gasteiger partial charge in [0.2, 0.25) is 11.8 Å². The second-order valence-electron chi connectivity index (χ2n) is 6.68. The highest BCUT2D eigenvalue weighted by atomic mass is 79.9. The fourth-order valence-corrected chi connectivity index (χ4v) is 3.36. The Labute approximate surface area is 178 Å². The van der Waals surface area contributed by atoms with Crippen molar-refractivity contribution < 1.29 is 14.5 Å². The Hall–Kier alpha value is -2.74. The molecule has 0 saturated carbocycles. The van der Waals surface area contributed by atoms with Crippen LogP contribution < -0.4 is 5.32 Å². The fraction of sp³-hybridized carbons (Fsp3) is 0.333. The molecule has 0 radical (unpaired) electrons. The number of nitro benzene ring substituents is 1. The Balaban J connectivity index is 2.29. The minimum absolute atomic E-state index is 0.105. The number of halogens is 1. The lowest BCUT2D eigenvalue weighted by molar-refractivity contribution is -0.385. The molecule has 0 fully saturated rings. The standard InChI is InChI=1S/C21H24BrN3O4/c1-3-11-23-21(27)15(2)24(14-16-7-6-9-18(22)12-16)20(26)13-17-8-4-5-10-19(17)25(28)29/h4-10,12,15H,3,11,13-14H2,1-2H3,(H,23,27)/t15-/m1/s1. The van der Waals surface area contributed by atoms with E-state index in [0.29, 0.717) is 12.1 Å². The van der Waals surface area contributed by atoms with Gasteiger partial charge in [0, 0.05) is 29.2 Å². The van der Waals surface area contributed by atoms with Gasteiger partial charge in [-0.3, -0.25) is 19.7 Å². The first-order valence-corrected chi connectivity index (χ1v) is 10.2. The van der Waals surface area contributed by atoms with Crippen LogP contribution in [0.15, 0.2) is 53.0 Å². The van der Waals surface area contributed by atoms with E-state index >= 15 is 0 Å². The quantitative estimate of drug-likeness (QED) is 0.453. The molecule has 2 aromatic rings. The van der Waals surface area contributed by atoms with E-state index in [0.717, 1.165) is 16.5 Å². The molecule has 0 saturated heterocycles. The maximum absolute atomic E-state index is 13.1. The van der Waals surface area contributed by atoms with Gasteiger partial charge in [0.05, 0.1) is 11.3 Å². The van der Waals surface area contributed by atoms with Gasteiger partial charge in [0.15, 0.2) is 0 Å². The van der Waals surface area contributed by atoms with Crippen LogP contribution in [-0.2, 0) is 22.6 Å². The maximum Gasteiger partial charge on any atom is 0.273 e. The molecule has 0 heterocycles. The van der Waals surface area contributed by atoms with Crippen LogP contribution in [0, 0.1) is 10.1 Å². The first-order valence-electron chi connectivity index (χ1n) is 9.37. The highest BCUT2D eigenvalue weighted by Gasteiger charge is 2.27. The summed E-state index contributed by atoms with van der Waals surface area (Å²) >= 11 is 3.41. The Morgan fingerprint density at radius 3 is 2.59 bits per heavy atom. The van der Waals surface area contributed by atoms with Crippen molar-refractivity contribution in [3.63, 3.8) is 0 Å². The van der Waals surface area contributed by atoms with Crippen molar-refractivity contribution >= 4 is 33.4 Å². The largest absolute Gasteiger partial charge is 0.354 e. The average molecular weight is 462 g/mol. The number of nitrogens with zero attached hydrogens (tertiary/aromatic N) is 2. The van der Waals surface area contributed by atoms with E-state index in [2.05, 4.69) is 21.2 Å². The lowest BCUT2D eigenvalue weighted by Gasteiger charge is -2.29. The summed E-state index contributed by atoms with van der Waals surface area (Å²) in [6.07, 6.45) is 0.630. The third-order valence-corrected chi connectivity index (χ3v) is 4.98. The Kier molecular flexibility index (Phi) is 8.33. The van der Waals surface area contributed by atoms with Crippen LogP contribution in [0.25, 0.3) is 0 Å². The van der Waals surface area contributed by atoms with Crippen molar-refractivity contribution in [2.45, 2.75) is 39.3 Å². The number of carbonyl (C=O) groups excluding carboxylic acids is 2. The van der Waals surface area contributed by atoms with E-state index in [-0.39, 0.29) is 30.5 Å². The number of rotatable bonds is 9. The summed E-state index contributed by atoms with van der Waals surface area (Å²) < 4.78 is 0.865. The van der Waals surface area contributed by atoms with E-state index in [1.165, 1.54) is 11.0 Å². The molecule has 2 aromatic carbocycles. The first kappa shape index (κ1) is 22.5. The number of nitro groups is 1. The van der Waals surface area contributed by atoms with Crippen molar-refractivity contribution in [3.8, 4) is 0 Å². The van der Waals surface area contributed by atoms with Gasteiger partial charge in [-0.2, -0.15) is 0 Å². The van der Waals surface area contributed by atoms with Crippen LogP contribution in [0.4, 0.5) is 5.69 Å². The van der Waals surface area contributed by atoms with Crippen LogP contribution in [0.2, 0.25) is 0 Å². The van der Waals surface area contributed by atoms with Crippen molar-refractivity contribution in [1.82, 2.24) is 10.2 Å². The minimum atomic E-state index is -0.712. The Morgan fingerprint density at radius 1 is 1.21 bits per heavy atom. The van der Waals surface area contributed by atoms with Gasteiger partial charge in [-0.25, -0.2) is 0 Å². The number of amides is 2. The van der Waals surface area contributed by atoms with Gasteiger partial charge in [-0.15, -0.1) is 0 Å². The summed E-state index contributed by atoms with van der Waals surface area (Å²) in [6.45, 7) is 4.36. The Morgan fingerprint density at radius 2 is 1.93 bits per heavy atom. The van der Waals surface area contributed by atoms with Gasteiger partial charge in [-0.05, 0) is 31.0 Å². The van der Waals surface area contributed by atoms with Crippen LogP contribution >= 0.6 is 15.9 Å². The highest BCUT2D eigenvalue weighted by Crippen LogP contribution is 2.21. The van der Waals surface area contributed by atoms with E-state index in [4.69, 9.17) is 0 Å². The predicted octanol–water partition coefficient (Wildman–Crippen LogP) is 3.84. The third kappa shape index (κ3) is 6.39. The molecule has 0 aromatic heterocycles. The number of carbonyl (C=O) groups is 2. The molecule has 7 nitrogen and oxygen atoms in total. The third-order valence-electron chi connectivity index (χ3n) is 4.49. The average Bonchev–Trinajstić information content (AvgIpc) is 2.69. The number of hydrogen-bond acceptors (Lipinski definition) is 4. The lowest BCUT2D eigenvalue weighted by atomic mass is 10.1. The number of nitrogens with one attached hydrogen (secondary N) is 1. The van der Waals surface area contributed by atoms with E-state index in [9.17, 15) is 19.7 Å². The number of hydrogen-bond donors (Lipinski definition) is 1. The number of para-hydroxylation sites is 1. The van der Waals surface area contributed by atoms with E-state index in [1.54, 1.807) is 25.1 Å². The SMILES string of the molecule is CCCNC(=O)[C@@H](C)N(Cc1cccc(Br)c1)C(=O)Cc1ccccc1[N+](=O)[O-]. The zero-order chi connectivity index (χ0) is 21.4. The zero-order valence-corrected chi connectivity index (χ0v) is 18.0. The summed E-state index contributed by atoms with van der Waals surface area (Å²) in [5.41, 5.74) is 1.07. The van der Waals surface area contributed by atoms with Crippen LogP contribution in [0.3, 0.4) is 0 Å². The fourth-order valence-electron chi connectivity index (χ4n) is 2.91. The molecule has 8 heteroatoms. The molecule has 0 aliphatic carbocycles. The van der Waals surface area contributed by atoms with Gasteiger partial charge in [0.1, 0.15) is 6.04 Å². The predicted molar refractivity (Wildman–Crippen MR) is 114 cm³/mol. The van der Waals surface area contributed by atoms with Gasteiger partial charge < -0.3 is 10.2 Å². The normalized spacial score (nSPS) is 11.6. The molecule has 29 heavy (non-hydrogen) atoms. The Bertz CT molecular complexity index is 888. The summed E-state index contributed by atoms with van der Waals surface area (Å²) in [6, 6.07) is 12.9. The van der Waals surface area contributed by atoms with Crippen molar-refractivity contribution in [1.29, 1.82) is 0 Å². The first-order chi connectivity index (χ1) is 13.8. The molecule has 2 rings (SSSR count). The number of benzene rings is 2. The lowest BCUT2D eigenvalue weighted by Crippen LogP contribution is -2.48. The monoisotopic (exact) mass is 461 g/mol. The summed E-state index contributed by atoms with van der Waals surface area (Å²) in [5.74, 6) is -0.601. The molecular weight excluding hydrogens is 438 g/mol. The summed E-state index contributed by atoms with van der Waals surface area (Å²) in [4.78, 5) is 37.9. The molecule has 2 amide bonds. The molecule has 0 spiro atoms. The molecule has 1 N–H and O–H groups in total. The van der Waals surface area contributed by atoms with E-state index < -0.39 is 11.0 Å². The molecule has 0 unspecified atom stereocenters. The van der Waals surface area contributed by atoms with Gasteiger partial charge in [-0.1, -0.05) is 53.2 Å². The van der Waals surface area contributed by atoms with Gasteiger partial charge in [0.25, 0.3) is 5.69 Å². The smallest absolute Gasteiger partial charge is 0.273 e. The van der Waals surface area contributed by atoms with Crippen molar-refractivity contribution in [2.24, 2.45) is 0 Å². The molecule has 0 bridgehead atoms. The maximum atomic E-state index is 13.1. The van der Waals surface area contributed by atoms with Crippen LogP contribution in [-0.4, -0.2) is 34.2 Å². The molecule has 0 aliphatic rings. The minimum Gasteiger partial charge on any atom is -0.354 e. The molecular formula is C21H24BrN3O4. The molecule has 1 atom stereocenters. The molecule has 154 valence electrons. The zero-order valence-electron chi connectivity index (χ0n) is 16.4. The van der Waals surface area contributed by atoms with Crippen molar-refractivity contribution in [3.05, 3.63) is 74.2 Å². The summed E-state index contributed by atoms with van der Waals surface area (Å²) in [7, 11) is 0. The van der Waals surface area contributed by atoms with E-state index in [1.807, 2.05) is 31.2 Å². The van der Waals surface area contributed by atoms with Crippen molar-refractivity contribution in [2.75, 3.05) is 6.54 Å². The van der Waals surface area contributed by atoms with Crippen LogP contribution in [0.5, 0.6) is 0 Å². The molecule has 0 aliphatic heterocycles. The van der Waals surface area contributed by atoms with Crippen LogP contribution in [0.1, 0.15) is 31.4 Å². The second-order valence-corrected chi connectivity index (χ2v) is 7.60. The highest BCUT2D eigenvalue weighted by molar-refractivity contribution is 9.10. The van der Waals surface area contributed by atoms with Gasteiger partial charge >= 0.3 is 0 Å². The second kappa shape index (κ2) is 10.7. The topological polar surface area (TPSA) is 92.6 Å². The summed E-state index contributed by atoms with van der Waals surface area (Å²) in [5, 5.41) is 14.1.